The van der Waals surface area contributed by atoms with Gasteiger partial charge in [0.1, 0.15) is 0 Å². The summed E-state index contributed by atoms with van der Waals surface area (Å²) < 4.78 is 0. The zero-order valence-electron chi connectivity index (χ0n) is 7.91. The maximum Gasteiger partial charge on any atom is 0.0914 e. The highest BCUT2D eigenvalue weighted by atomic mass is 35.5. The molecular formula is C10H15ClN2O. The minimum atomic E-state index is -0.501. The van der Waals surface area contributed by atoms with E-state index in [1.165, 1.54) is 0 Å². The monoisotopic (exact) mass is 214 g/mol. The summed E-state index contributed by atoms with van der Waals surface area (Å²) in [6.07, 6.45) is -0.501. The van der Waals surface area contributed by atoms with Crippen LogP contribution in [0.2, 0.25) is 5.02 Å². The first-order chi connectivity index (χ1) is 6.74. The molecule has 0 aliphatic rings. The lowest BCUT2D eigenvalue weighted by atomic mass is 10.1. The largest absolute Gasteiger partial charge is 0.387 e. The SMILES string of the molecule is NCCNCC(O)c1ccc(Cl)cc1. The maximum absolute atomic E-state index is 9.69. The fourth-order valence-electron chi connectivity index (χ4n) is 1.14. The van der Waals surface area contributed by atoms with E-state index in [2.05, 4.69) is 5.32 Å². The fourth-order valence-corrected chi connectivity index (χ4v) is 1.27. The van der Waals surface area contributed by atoms with E-state index in [1.54, 1.807) is 12.1 Å². The number of nitrogens with two attached hydrogens (primary N) is 1. The molecule has 1 aromatic carbocycles. The Hall–Kier alpha value is -0.610. The van der Waals surface area contributed by atoms with Gasteiger partial charge in [-0.2, -0.15) is 0 Å². The van der Waals surface area contributed by atoms with E-state index in [0.29, 0.717) is 24.7 Å². The molecule has 4 heteroatoms. The van der Waals surface area contributed by atoms with Crippen LogP contribution in [0.25, 0.3) is 0 Å². The second kappa shape index (κ2) is 5.98. The summed E-state index contributed by atoms with van der Waals surface area (Å²) >= 11 is 5.73. The van der Waals surface area contributed by atoms with Gasteiger partial charge in [0.05, 0.1) is 6.10 Å². The molecular weight excluding hydrogens is 200 g/mol. The molecule has 3 nitrogen and oxygen atoms in total. The molecule has 78 valence electrons. The van der Waals surface area contributed by atoms with Gasteiger partial charge in [0, 0.05) is 24.7 Å². The third kappa shape index (κ3) is 3.64. The van der Waals surface area contributed by atoms with Gasteiger partial charge in [-0.15, -0.1) is 0 Å². The number of aliphatic hydroxyl groups is 1. The average molecular weight is 215 g/mol. The van der Waals surface area contributed by atoms with Gasteiger partial charge in [0.2, 0.25) is 0 Å². The lowest BCUT2D eigenvalue weighted by Crippen LogP contribution is -2.27. The van der Waals surface area contributed by atoms with Gasteiger partial charge in [-0.25, -0.2) is 0 Å². The summed E-state index contributed by atoms with van der Waals surface area (Å²) in [6, 6.07) is 7.17. The predicted molar refractivity (Wildman–Crippen MR) is 58.3 cm³/mol. The lowest BCUT2D eigenvalue weighted by molar-refractivity contribution is 0.175. The molecule has 0 saturated heterocycles. The molecule has 0 spiro atoms. The van der Waals surface area contributed by atoms with Gasteiger partial charge in [-0.1, -0.05) is 23.7 Å². The topological polar surface area (TPSA) is 58.3 Å². The Labute approximate surface area is 88.9 Å². The fraction of sp³-hybridized carbons (Fsp3) is 0.400. The van der Waals surface area contributed by atoms with Crippen molar-refractivity contribution in [1.82, 2.24) is 5.32 Å². The Kier molecular flexibility index (Phi) is 4.90. The molecule has 1 atom stereocenters. The number of hydrogen-bond acceptors (Lipinski definition) is 3. The molecule has 1 rings (SSSR count). The Bertz CT molecular complexity index is 263. The zero-order valence-corrected chi connectivity index (χ0v) is 8.67. The first-order valence-electron chi connectivity index (χ1n) is 4.58. The third-order valence-corrected chi connectivity index (χ3v) is 2.17. The standard InChI is InChI=1S/C10H15ClN2O/c11-9-3-1-8(2-4-9)10(14)7-13-6-5-12/h1-4,10,13-14H,5-7,12H2. The first kappa shape index (κ1) is 11.5. The molecule has 0 aromatic heterocycles. The van der Waals surface area contributed by atoms with Crippen LogP contribution < -0.4 is 11.1 Å². The van der Waals surface area contributed by atoms with E-state index >= 15 is 0 Å². The van der Waals surface area contributed by atoms with Crippen LogP contribution in [0, 0.1) is 0 Å². The van der Waals surface area contributed by atoms with Crippen LogP contribution >= 0.6 is 11.6 Å². The maximum atomic E-state index is 9.69. The highest BCUT2D eigenvalue weighted by molar-refractivity contribution is 6.30. The van der Waals surface area contributed by atoms with Crippen molar-refractivity contribution in [3.8, 4) is 0 Å². The van der Waals surface area contributed by atoms with Crippen LogP contribution in [0.3, 0.4) is 0 Å². The van der Waals surface area contributed by atoms with Crippen molar-refractivity contribution in [3.63, 3.8) is 0 Å². The van der Waals surface area contributed by atoms with Crippen molar-refractivity contribution < 1.29 is 5.11 Å². The average Bonchev–Trinajstić information content (AvgIpc) is 2.19. The molecule has 1 unspecified atom stereocenters. The number of aliphatic hydroxyl groups excluding tert-OH is 1. The molecule has 0 bridgehead atoms. The summed E-state index contributed by atoms with van der Waals surface area (Å²) in [4.78, 5) is 0. The minimum absolute atomic E-state index is 0.501. The van der Waals surface area contributed by atoms with Crippen LogP contribution in [0.5, 0.6) is 0 Å². The molecule has 4 N–H and O–H groups in total. The van der Waals surface area contributed by atoms with Crippen LogP contribution in [0.15, 0.2) is 24.3 Å². The van der Waals surface area contributed by atoms with Gasteiger partial charge in [-0.05, 0) is 17.7 Å². The molecule has 1 aromatic rings. The Balaban J connectivity index is 2.43. The molecule has 0 amide bonds. The van der Waals surface area contributed by atoms with Crippen LogP contribution in [0.4, 0.5) is 0 Å². The van der Waals surface area contributed by atoms with Crippen LogP contribution in [-0.2, 0) is 0 Å². The first-order valence-corrected chi connectivity index (χ1v) is 4.96. The van der Waals surface area contributed by atoms with Crippen molar-refractivity contribution in [2.45, 2.75) is 6.10 Å². The third-order valence-electron chi connectivity index (χ3n) is 1.91. The number of rotatable bonds is 5. The van der Waals surface area contributed by atoms with E-state index < -0.39 is 6.10 Å². The molecule has 0 radical (unpaired) electrons. The van der Waals surface area contributed by atoms with Gasteiger partial charge in [0.25, 0.3) is 0 Å². The van der Waals surface area contributed by atoms with Crippen molar-refractivity contribution in [2.75, 3.05) is 19.6 Å². The van der Waals surface area contributed by atoms with Crippen molar-refractivity contribution in [2.24, 2.45) is 5.73 Å². The summed E-state index contributed by atoms with van der Waals surface area (Å²) in [6.45, 7) is 1.80. The van der Waals surface area contributed by atoms with Crippen LogP contribution in [-0.4, -0.2) is 24.7 Å². The van der Waals surface area contributed by atoms with Crippen molar-refractivity contribution in [3.05, 3.63) is 34.9 Å². The number of nitrogens with one attached hydrogen (secondary N) is 1. The summed E-state index contributed by atoms with van der Waals surface area (Å²) in [5, 5.41) is 13.4. The van der Waals surface area contributed by atoms with Gasteiger partial charge in [0.15, 0.2) is 0 Å². The predicted octanol–water partition coefficient (Wildman–Crippen LogP) is 0.922. The van der Waals surface area contributed by atoms with Gasteiger partial charge < -0.3 is 16.2 Å². The smallest absolute Gasteiger partial charge is 0.0914 e. The summed E-state index contributed by atoms with van der Waals surface area (Å²) in [7, 11) is 0. The second-order valence-corrected chi connectivity index (χ2v) is 3.50. The quantitative estimate of drug-likeness (QED) is 0.639. The molecule has 14 heavy (non-hydrogen) atoms. The Morgan fingerprint density at radius 3 is 2.57 bits per heavy atom. The number of hydrogen-bond donors (Lipinski definition) is 3. The van der Waals surface area contributed by atoms with Crippen molar-refractivity contribution >= 4 is 11.6 Å². The lowest BCUT2D eigenvalue weighted by Gasteiger charge is -2.11. The Morgan fingerprint density at radius 1 is 1.36 bits per heavy atom. The number of halogens is 1. The van der Waals surface area contributed by atoms with E-state index in [-0.39, 0.29) is 0 Å². The molecule has 0 fully saturated rings. The van der Waals surface area contributed by atoms with E-state index in [4.69, 9.17) is 17.3 Å². The van der Waals surface area contributed by atoms with E-state index in [0.717, 1.165) is 5.56 Å². The van der Waals surface area contributed by atoms with Crippen LogP contribution in [0.1, 0.15) is 11.7 Å². The van der Waals surface area contributed by atoms with E-state index in [9.17, 15) is 5.11 Å². The van der Waals surface area contributed by atoms with E-state index in [1.807, 2.05) is 12.1 Å². The molecule has 0 heterocycles. The van der Waals surface area contributed by atoms with Gasteiger partial charge >= 0.3 is 0 Å². The van der Waals surface area contributed by atoms with Gasteiger partial charge in [-0.3, -0.25) is 0 Å². The second-order valence-electron chi connectivity index (χ2n) is 3.06. The minimum Gasteiger partial charge on any atom is -0.387 e. The molecule has 0 aliphatic carbocycles. The normalized spacial score (nSPS) is 12.8. The molecule has 0 aliphatic heterocycles. The van der Waals surface area contributed by atoms with Crippen molar-refractivity contribution in [1.29, 1.82) is 0 Å². The molecule has 0 saturated carbocycles. The summed E-state index contributed by atoms with van der Waals surface area (Å²) in [5.74, 6) is 0. The zero-order chi connectivity index (χ0) is 10.4. The highest BCUT2D eigenvalue weighted by Crippen LogP contribution is 2.15. The number of benzene rings is 1. The highest BCUT2D eigenvalue weighted by Gasteiger charge is 2.05. The summed E-state index contributed by atoms with van der Waals surface area (Å²) in [5.41, 5.74) is 6.17. The Morgan fingerprint density at radius 2 is 2.00 bits per heavy atom.